The van der Waals surface area contributed by atoms with E-state index in [-0.39, 0.29) is 5.91 Å². The minimum absolute atomic E-state index is 0.0532. The second-order valence-electron chi connectivity index (χ2n) is 8.50. The molecule has 1 aromatic heterocycles. The summed E-state index contributed by atoms with van der Waals surface area (Å²) >= 11 is 0. The minimum Gasteiger partial charge on any atom is -0.386 e. The van der Waals surface area contributed by atoms with Crippen molar-refractivity contribution in [3.8, 4) is 0 Å². The third kappa shape index (κ3) is 5.64. The van der Waals surface area contributed by atoms with Gasteiger partial charge < -0.3 is 20.1 Å². The molecule has 1 amide bonds. The number of carbonyl (C=O) groups excluding carboxylic acids is 1. The lowest BCUT2D eigenvalue weighted by atomic mass is 9.96. The van der Waals surface area contributed by atoms with Gasteiger partial charge >= 0.3 is 0 Å². The molecular weight excluding hydrogens is 368 g/mol. The van der Waals surface area contributed by atoms with E-state index in [0.29, 0.717) is 18.3 Å². The van der Waals surface area contributed by atoms with E-state index in [0.717, 1.165) is 61.7 Å². The molecule has 0 aliphatic carbocycles. The number of aromatic nitrogens is 2. The van der Waals surface area contributed by atoms with Gasteiger partial charge in [-0.3, -0.25) is 4.79 Å². The van der Waals surface area contributed by atoms with Crippen molar-refractivity contribution < 1.29 is 14.6 Å². The van der Waals surface area contributed by atoms with Gasteiger partial charge in [-0.05, 0) is 64.0 Å². The Hall–Kier alpha value is -2.25. The first-order chi connectivity index (χ1) is 13.7. The van der Waals surface area contributed by atoms with E-state index >= 15 is 0 Å². The Morgan fingerprint density at radius 1 is 1.34 bits per heavy atom. The van der Waals surface area contributed by atoms with Gasteiger partial charge in [-0.1, -0.05) is 12.2 Å². The van der Waals surface area contributed by atoms with Crippen molar-refractivity contribution >= 4 is 23.1 Å². The Bertz CT molecular complexity index is 805. The molecule has 158 valence electrons. The van der Waals surface area contributed by atoms with E-state index in [1.165, 1.54) is 0 Å². The minimum atomic E-state index is -0.858. The molecule has 1 fully saturated rings. The van der Waals surface area contributed by atoms with E-state index in [9.17, 15) is 9.90 Å². The quantitative estimate of drug-likeness (QED) is 0.713. The number of nitrogens with one attached hydrogen (secondary N) is 1. The molecule has 7 nitrogen and oxygen atoms in total. The molecule has 0 bridgehead atoms. The summed E-state index contributed by atoms with van der Waals surface area (Å²) in [6.45, 7) is 10.1. The smallest absolute Gasteiger partial charge is 0.245 e. The predicted octanol–water partition coefficient (Wildman–Crippen LogP) is 3.17. The van der Waals surface area contributed by atoms with Crippen LogP contribution in [-0.4, -0.2) is 52.9 Å². The van der Waals surface area contributed by atoms with Crippen LogP contribution in [0.3, 0.4) is 0 Å². The van der Waals surface area contributed by atoms with Gasteiger partial charge in [-0.15, -0.1) is 0 Å². The van der Waals surface area contributed by atoms with Crippen LogP contribution in [0.5, 0.6) is 0 Å². The maximum Gasteiger partial charge on any atom is 0.245 e. The summed E-state index contributed by atoms with van der Waals surface area (Å²) < 4.78 is 5.44. The lowest BCUT2D eigenvalue weighted by Gasteiger charge is -2.31. The highest BCUT2D eigenvalue weighted by Crippen LogP contribution is 2.29. The highest BCUT2D eigenvalue weighted by molar-refractivity contribution is 5.99. The topological polar surface area (TPSA) is 87.6 Å². The Morgan fingerprint density at radius 2 is 2.07 bits per heavy atom. The summed E-state index contributed by atoms with van der Waals surface area (Å²) in [6.07, 6.45) is 8.70. The summed E-state index contributed by atoms with van der Waals surface area (Å²) in [5.41, 5.74) is 1.72. The fraction of sp³-hybridized carbons (Fsp3) is 0.591. The van der Waals surface area contributed by atoms with Gasteiger partial charge in [-0.25, -0.2) is 9.97 Å². The van der Waals surface area contributed by atoms with Crippen molar-refractivity contribution in [2.75, 3.05) is 36.5 Å². The molecule has 1 aromatic rings. The highest BCUT2D eigenvalue weighted by Gasteiger charge is 2.26. The molecule has 0 unspecified atom stereocenters. The molecule has 29 heavy (non-hydrogen) atoms. The van der Waals surface area contributed by atoms with E-state index in [1.807, 2.05) is 30.9 Å². The third-order valence-corrected chi connectivity index (χ3v) is 5.75. The SMILES string of the molecule is C/C(=C\C=C(/C)C(C)(C)O)c1cnc2c(n1)N(CCC1CCOCC1)CC(=O)N2. The van der Waals surface area contributed by atoms with E-state index in [1.54, 1.807) is 20.0 Å². The van der Waals surface area contributed by atoms with Crippen LogP contribution in [0.2, 0.25) is 0 Å². The molecule has 0 atom stereocenters. The van der Waals surface area contributed by atoms with Crippen LogP contribution >= 0.6 is 0 Å². The maximum absolute atomic E-state index is 12.1. The van der Waals surface area contributed by atoms with Crippen molar-refractivity contribution in [3.05, 3.63) is 29.6 Å². The van der Waals surface area contributed by atoms with Gasteiger partial charge in [0.05, 0.1) is 24.0 Å². The van der Waals surface area contributed by atoms with E-state index < -0.39 is 5.60 Å². The maximum atomic E-state index is 12.1. The fourth-order valence-electron chi connectivity index (χ4n) is 3.40. The molecule has 2 aliphatic rings. The molecule has 0 aromatic carbocycles. The molecule has 0 saturated carbocycles. The normalized spacial score (nSPS) is 19.2. The van der Waals surface area contributed by atoms with Crippen molar-refractivity contribution in [3.63, 3.8) is 0 Å². The number of rotatable bonds is 6. The number of amides is 1. The number of ether oxygens (including phenoxy) is 1. The predicted molar refractivity (Wildman–Crippen MR) is 115 cm³/mol. The first kappa shape index (κ1) is 21.5. The molecule has 3 rings (SSSR count). The zero-order valence-corrected chi connectivity index (χ0v) is 17.9. The Morgan fingerprint density at radius 3 is 2.76 bits per heavy atom. The number of allylic oxidation sites excluding steroid dienone is 3. The second kappa shape index (κ2) is 9.05. The fourth-order valence-corrected chi connectivity index (χ4v) is 3.40. The molecule has 7 heteroatoms. The number of fused-ring (bicyclic) bond motifs is 1. The molecule has 1 saturated heterocycles. The highest BCUT2D eigenvalue weighted by atomic mass is 16.5. The monoisotopic (exact) mass is 400 g/mol. The van der Waals surface area contributed by atoms with Crippen molar-refractivity contribution in [2.24, 2.45) is 5.92 Å². The number of nitrogens with zero attached hydrogens (tertiary/aromatic N) is 3. The van der Waals surface area contributed by atoms with Crippen LogP contribution in [0.4, 0.5) is 11.6 Å². The molecule has 0 radical (unpaired) electrons. The van der Waals surface area contributed by atoms with E-state index in [4.69, 9.17) is 9.72 Å². The Labute approximate surface area is 172 Å². The molecular formula is C22H32N4O3. The zero-order chi connectivity index (χ0) is 21.0. The number of hydrogen-bond donors (Lipinski definition) is 2. The third-order valence-electron chi connectivity index (χ3n) is 5.75. The summed E-state index contributed by atoms with van der Waals surface area (Å²) in [7, 11) is 0. The van der Waals surface area contributed by atoms with Crippen LogP contribution in [0, 0.1) is 5.92 Å². The number of aliphatic hydroxyl groups is 1. The first-order valence-corrected chi connectivity index (χ1v) is 10.3. The van der Waals surface area contributed by atoms with Crippen molar-refractivity contribution in [1.29, 1.82) is 0 Å². The molecule has 2 aliphatic heterocycles. The van der Waals surface area contributed by atoms with Gasteiger partial charge in [0, 0.05) is 19.8 Å². The van der Waals surface area contributed by atoms with Crippen LogP contribution in [0.25, 0.3) is 5.57 Å². The van der Waals surface area contributed by atoms with E-state index in [2.05, 4.69) is 10.3 Å². The largest absolute Gasteiger partial charge is 0.386 e. The summed E-state index contributed by atoms with van der Waals surface area (Å²) in [5.74, 6) is 1.82. The van der Waals surface area contributed by atoms with Gasteiger partial charge in [-0.2, -0.15) is 0 Å². The molecule has 0 spiro atoms. The number of carbonyl (C=O) groups is 1. The summed E-state index contributed by atoms with van der Waals surface area (Å²) in [5, 5.41) is 12.9. The lowest BCUT2D eigenvalue weighted by Crippen LogP contribution is -2.40. The van der Waals surface area contributed by atoms with Crippen LogP contribution in [0.15, 0.2) is 23.9 Å². The van der Waals surface area contributed by atoms with Crippen molar-refractivity contribution in [2.45, 2.75) is 52.6 Å². The van der Waals surface area contributed by atoms with Crippen LogP contribution in [0.1, 0.15) is 52.7 Å². The average Bonchev–Trinajstić information content (AvgIpc) is 2.69. The van der Waals surface area contributed by atoms with Crippen LogP contribution < -0.4 is 10.2 Å². The lowest BCUT2D eigenvalue weighted by molar-refractivity contribution is -0.115. The van der Waals surface area contributed by atoms with Crippen molar-refractivity contribution in [1.82, 2.24) is 9.97 Å². The number of hydrogen-bond acceptors (Lipinski definition) is 6. The molecule has 2 N–H and O–H groups in total. The second-order valence-corrected chi connectivity index (χ2v) is 8.50. The van der Waals surface area contributed by atoms with Crippen LogP contribution in [-0.2, 0) is 9.53 Å². The average molecular weight is 401 g/mol. The summed E-state index contributed by atoms with van der Waals surface area (Å²) in [4.78, 5) is 23.4. The Balaban J connectivity index is 1.78. The standard InChI is InChI=1S/C22H32N4O3/c1-15(5-6-16(2)22(3,4)28)18-13-23-20-21(24-18)26(14-19(27)25-20)10-7-17-8-11-29-12-9-17/h5-6,13,17,28H,7-12,14H2,1-4H3,(H,23,25,27)/b15-5+,16-6+. The number of anilines is 2. The van der Waals surface area contributed by atoms with Gasteiger partial charge in [0.15, 0.2) is 11.6 Å². The van der Waals surface area contributed by atoms with Gasteiger partial charge in [0.25, 0.3) is 0 Å². The van der Waals surface area contributed by atoms with Gasteiger partial charge in [0.1, 0.15) is 0 Å². The molecule has 3 heterocycles. The van der Waals surface area contributed by atoms with Gasteiger partial charge in [0.2, 0.25) is 5.91 Å². The zero-order valence-electron chi connectivity index (χ0n) is 17.9. The first-order valence-electron chi connectivity index (χ1n) is 10.3. The summed E-state index contributed by atoms with van der Waals surface area (Å²) in [6, 6.07) is 0. The Kier molecular flexibility index (Phi) is 6.70.